The number of fused-ring (bicyclic) bond motifs is 9. The third kappa shape index (κ3) is 2.06. The van der Waals surface area contributed by atoms with E-state index in [2.05, 4.69) is 0 Å². The van der Waals surface area contributed by atoms with Crippen molar-refractivity contribution in [2.24, 2.45) is 35.5 Å². The molecule has 7 atom stereocenters. The van der Waals surface area contributed by atoms with Crippen LogP contribution in [0.1, 0.15) is 32.1 Å². The molecule has 5 fully saturated rings. The Morgan fingerprint density at radius 3 is 2.59 bits per heavy atom. The summed E-state index contributed by atoms with van der Waals surface area (Å²) in [6.07, 6.45) is 7.19. The van der Waals surface area contributed by atoms with Crippen molar-refractivity contribution in [2.45, 2.75) is 38.2 Å². The van der Waals surface area contributed by atoms with Crippen molar-refractivity contribution >= 4 is 5.97 Å². The topological polar surface area (TPSA) is 40.0 Å². The first kappa shape index (κ1) is 13.8. The van der Waals surface area contributed by atoms with E-state index in [9.17, 15) is 4.79 Å². The van der Waals surface area contributed by atoms with E-state index in [0.29, 0.717) is 12.5 Å². The molecule has 0 aromatic rings. The molecule has 1 N–H and O–H groups in total. The maximum Gasteiger partial charge on any atom is 0.361 e. The number of hydrogen-bond acceptors (Lipinski definition) is 3. The summed E-state index contributed by atoms with van der Waals surface area (Å²) in [4.78, 5) is 13.6. The first-order valence-electron chi connectivity index (χ1n) is 9.40. The van der Waals surface area contributed by atoms with E-state index in [0.717, 1.165) is 55.9 Å². The van der Waals surface area contributed by atoms with Gasteiger partial charge in [0.05, 0.1) is 13.2 Å². The van der Waals surface area contributed by atoms with Gasteiger partial charge in [0.2, 0.25) is 0 Å². The SMILES string of the molecule is O=C(C[NH+]1CCOCC1)OC1CC2CC1C1C3CCC(C3)C21. The molecular weight excluding hydrogens is 278 g/mol. The molecule has 122 valence electrons. The Kier molecular flexibility index (Phi) is 3.26. The molecule has 5 rings (SSSR count). The Morgan fingerprint density at radius 2 is 1.77 bits per heavy atom. The van der Waals surface area contributed by atoms with Crippen LogP contribution in [0.2, 0.25) is 0 Å². The van der Waals surface area contributed by atoms with Gasteiger partial charge in [-0.15, -0.1) is 0 Å². The van der Waals surface area contributed by atoms with Crippen molar-refractivity contribution in [3.63, 3.8) is 0 Å². The van der Waals surface area contributed by atoms with Crippen molar-refractivity contribution in [3.05, 3.63) is 0 Å². The van der Waals surface area contributed by atoms with E-state index < -0.39 is 0 Å². The highest BCUT2D eigenvalue weighted by Crippen LogP contribution is 2.67. The van der Waals surface area contributed by atoms with Gasteiger partial charge < -0.3 is 14.4 Å². The fourth-order valence-electron chi connectivity index (χ4n) is 6.89. The van der Waals surface area contributed by atoms with Crippen molar-refractivity contribution in [1.82, 2.24) is 0 Å². The van der Waals surface area contributed by atoms with Crippen molar-refractivity contribution in [1.29, 1.82) is 0 Å². The van der Waals surface area contributed by atoms with Gasteiger partial charge >= 0.3 is 5.97 Å². The second-order valence-electron chi connectivity index (χ2n) is 8.45. The molecule has 4 saturated carbocycles. The number of carbonyl (C=O) groups is 1. The zero-order chi connectivity index (χ0) is 14.7. The van der Waals surface area contributed by atoms with Crippen LogP contribution in [0.15, 0.2) is 0 Å². The van der Waals surface area contributed by atoms with Gasteiger partial charge in [-0.3, -0.25) is 0 Å². The maximum atomic E-state index is 12.3. The van der Waals surface area contributed by atoms with E-state index in [1.54, 1.807) is 0 Å². The minimum atomic E-state index is 0.0363. The Labute approximate surface area is 132 Å². The number of morpholine rings is 1. The molecule has 1 saturated heterocycles. The van der Waals surface area contributed by atoms with Crippen LogP contribution in [0.3, 0.4) is 0 Å². The second kappa shape index (κ2) is 5.20. The molecule has 5 aliphatic rings. The van der Waals surface area contributed by atoms with Crippen LogP contribution < -0.4 is 4.90 Å². The molecule has 0 aromatic carbocycles. The molecule has 1 aliphatic heterocycles. The van der Waals surface area contributed by atoms with E-state index in [1.807, 2.05) is 0 Å². The van der Waals surface area contributed by atoms with Gasteiger partial charge in [0.1, 0.15) is 19.2 Å². The number of nitrogens with one attached hydrogen (secondary N) is 1. The van der Waals surface area contributed by atoms with E-state index in [-0.39, 0.29) is 12.1 Å². The predicted octanol–water partition coefficient (Wildman–Crippen LogP) is 0.515. The minimum absolute atomic E-state index is 0.0363. The Bertz CT molecular complexity index is 461. The third-order valence-corrected chi connectivity index (χ3v) is 7.55. The number of carbonyl (C=O) groups excluding carboxylic acids is 1. The molecule has 0 spiro atoms. The van der Waals surface area contributed by atoms with E-state index in [1.165, 1.54) is 37.0 Å². The molecule has 0 amide bonds. The average Bonchev–Trinajstić information content (AvgIpc) is 3.27. The fourth-order valence-corrected chi connectivity index (χ4v) is 6.89. The van der Waals surface area contributed by atoms with Crippen LogP contribution >= 0.6 is 0 Å². The highest BCUT2D eigenvalue weighted by Gasteiger charge is 2.63. The Morgan fingerprint density at radius 1 is 1.00 bits per heavy atom. The van der Waals surface area contributed by atoms with Crippen LogP contribution in [0, 0.1) is 35.5 Å². The number of rotatable bonds is 3. The standard InChI is InChI=1S/C18H27NO3/c20-16(10-19-3-5-21-6-4-19)22-15-9-13-8-14(15)18-12-2-1-11(7-12)17(13)18/h11-15,17-18H,1-10H2/p+1. The zero-order valence-electron chi connectivity index (χ0n) is 13.3. The van der Waals surface area contributed by atoms with Crippen LogP contribution in [0.4, 0.5) is 0 Å². The summed E-state index contributed by atoms with van der Waals surface area (Å²) in [5.74, 6) is 5.52. The lowest BCUT2D eigenvalue weighted by atomic mass is 9.70. The van der Waals surface area contributed by atoms with E-state index in [4.69, 9.17) is 9.47 Å². The van der Waals surface area contributed by atoms with Crippen LogP contribution in [0.25, 0.3) is 0 Å². The van der Waals surface area contributed by atoms with E-state index >= 15 is 0 Å². The normalized spacial score (nSPS) is 49.5. The maximum absolute atomic E-state index is 12.3. The molecule has 4 heteroatoms. The van der Waals surface area contributed by atoms with Crippen molar-refractivity contribution in [2.75, 3.05) is 32.8 Å². The fraction of sp³-hybridized carbons (Fsp3) is 0.944. The Balaban J connectivity index is 1.20. The molecule has 1 heterocycles. The third-order valence-electron chi connectivity index (χ3n) is 7.55. The second-order valence-corrected chi connectivity index (χ2v) is 8.45. The summed E-state index contributed by atoms with van der Waals surface area (Å²) < 4.78 is 11.3. The van der Waals surface area contributed by atoms with Gasteiger partial charge in [-0.05, 0) is 67.6 Å². The molecule has 4 aliphatic carbocycles. The average molecular weight is 306 g/mol. The van der Waals surface area contributed by atoms with Crippen molar-refractivity contribution < 1.29 is 19.2 Å². The first-order chi connectivity index (χ1) is 10.8. The molecule has 0 aromatic heterocycles. The largest absolute Gasteiger partial charge is 0.458 e. The summed E-state index contributed by atoms with van der Waals surface area (Å²) in [6, 6.07) is 0. The highest BCUT2D eigenvalue weighted by molar-refractivity contribution is 5.70. The molecule has 7 unspecified atom stereocenters. The molecule has 4 nitrogen and oxygen atoms in total. The lowest BCUT2D eigenvalue weighted by Gasteiger charge is -2.38. The number of hydrogen-bond donors (Lipinski definition) is 1. The van der Waals surface area contributed by atoms with Crippen molar-refractivity contribution in [3.8, 4) is 0 Å². The zero-order valence-corrected chi connectivity index (χ0v) is 13.3. The van der Waals surface area contributed by atoms with Gasteiger partial charge in [-0.1, -0.05) is 0 Å². The number of ether oxygens (including phenoxy) is 2. The summed E-state index contributed by atoms with van der Waals surface area (Å²) in [5, 5.41) is 0. The summed E-state index contributed by atoms with van der Waals surface area (Å²) >= 11 is 0. The van der Waals surface area contributed by atoms with Gasteiger partial charge in [0.25, 0.3) is 0 Å². The number of esters is 1. The lowest BCUT2D eigenvalue weighted by Crippen LogP contribution is -3.15. The summed E-state index contributed by atoms with van der Waals surface area (Å²) in [5.41, 5.74) is 0. The highest BCUT2D eigenvalue weighted by atomic mass is 16.5. The summed E-state index contributed by atoms with van der Waals surface area (Å²) in [6.45, 7) is 3.99. The van der Waals surface area contributed by atoms with Gasteiger partial charge in [-0.25, -0.2) is 4.79 Å². The molecule has 22 heavy (non-hydrogen) atoms. The summed E-state index contributed by atoms with van der Waals surface area (Å²) in [7, 11) is 0. The van der Waals surface area contributed by atoms with Gasteiger partial charge in [-0.2, -0.15) is 0 Å². The van der Waals surface area contributed by atoms with Gasteiger partial charge in [0.15, 0.2) is 6.54 Å². The van der Waals surface area contributed by atoms with Crippen LogP contribution in [-0.4, -0.2) is 44.9 Å². The first-order valence-corrected chi connectivity index (χ1v) is 9.40. The Hall–Kier alpha value is -0.610. The molecular formula is C18H28NO3+. The molecule has 0 radical (unpaired) electrons. The lowest BCUT2D eigenvalue weighted by molar-refractivity contribution is -0.900. The minimum Gasteiger partial charge on any atom is -0.458 e. The molecule has 4 bridgehead atoms. The van der Waals surface area contributed by atoms with Crippen LogP contribution in [-0.2, 0) is 14.3 Å². The predicted molar refractivity (Wildman–Crippen MR) is 80.3 cm³/mol. The number of quaternary nitrogens is 1. The smallest absolute Gasteiger partial charge is 0.361 e. The van der Waals surface area contributed by atoms with Gasteiger partial charge in [0, 0.05) is 0 Å². The monoisotopic (exact) mass is 306 g/mol. The quantitative estimate of drug-likeness (QED) is 0.610. The van der Waals surface area contributed by atoms with Crippen LogP contribution in [0.5, 0.6) is 0 Å².